The van der Waals surface area contributed by atoms with Crippen molar-refractivity contribution in [3.05, 3.63) is 59.1 Å². The first-order valence-corrected chi connectivity index (χ1v) is 8.63. The predicted molar refractivity (Wildman–Crippen MR) is 94.3 cm³/mol. The topological polar surface area (TPSA) is 56.8 Å². The molecule has 2 aromatic carbocycles. The number of halogens is 1. The van der Waals surface area contributed by atoms with E-state index < -0.39 is 0 Å². The van der Waals surface area contributed by atoms with Gasteiger partial charge in [-0.05, 0) is 36.4 Å². The third kappa shape index (κ3) is 4.49. The summed E-state index contributed by atoms with van der Waals surface area (Å²) in [6.45, 7) is 2.90. The summed E-state index contributed by atoms with van der Waals surface area (Å²) in [5, 5.41) is 0.694. The van der Waals surface area contributed by atoms with Crippen molar-refractivity contribution in [1.82, 2.24) is 0 Å². The fourth-order valence-electron chi connectivity index (χ4n) is 3.13. The van der Waals surface area contributed by atoms with Crippen molar-refractivity contribution >= 4 is 17.5 Å². The maximum absolute atomic E-state index is 11.2. The number of benzene rings is 2. The maximum Gasteiger partial charge on any atom is 0.220 e. The summed E-state index contributed by atoms with van der Waals surface area (Å²) < 4.78 is 5.88. The van der Waals surface area contributed by atoms with Crippen molar-refractivity contribution in [2.24, 2.45) is 11.7 Å². The Bertz CT molecular complexity index is 695. The second-order valence-corrected chi connectivity index (χ2v) is 6.74. The molecule has 0 aliphatic carbocycles. The van der Waals surface area contributed by atoms with E-state index in [0.29, 0.717) is 5.02 Å². The number of carbonyl (C=O) groups is 1. The number of hydrogen-bond donors (Lipinski definition) is 2. The average Bonchev–Trinajstić information content (AvgIpc) is 2.58. The predicted octanol–water partition coefficient (Wildman–Crippen LogP) is 2.41. The normalized spacial score (nSPS) is 20.5. The van der Waals surface area contributed by atoms with Crippen molar-refractivity contribution in [3.8, 4) is 11.5 Å². The third-order valence-electron chi connectivity index (χ3n) is 4.50. The smallest absolute Gasteiger partial charge is 0.220 e. The van der Waals surface area contributed by atoms with E-state index >= 15 is 0 Å². The van der Waals surface area contributed by atoms with Gasteiger partial charge in [0.15, 0.2) is 0 Å². The molecule has 0 spiro atoms. The first kappa shape index (κ1) is 16.8. The van der Waals surface area contributed by atoms with Crippen molar-refractivity contribution in [1.29, 1.82) is 0 Å². The zero-order valence-electron chi connectivity index (χ0n) is 13.5. The molecular weight excluding hydrogens is 324 g/mol. The highest BCUT2D eigenvalue weighted by atomic mass is 35.5. The van der Waals surface area contributed by atoms with Crippen LogP contribution in [0.1, 0.15) is 18.4 Å². The van der Waals surface area contributed by atoms with E-state index in [9.17, 15) is 4.79 Å². The minimum absolute atomic E-state index is 0.0494. The molecule has 5 heteroatoms. The molecule has 1 saturated heterocycles. The van der Waals surface area contributed by atoms with E-state index in [1.54, 1.807) is 0 Å². The standard InChI is InChI=1S/C19H21ClN2O2/c20-16-4-6-17(7-5-16)24-18-3-1-2-14(12-18)13-22-10-8-15(9-11-22)19(21)23/h1-7,12,15H,8-11,13H2,(H2,21,23)/p+1. The molecule has 0 atom stereocenters. The van der Waals surface area contributed by atoms with E-state index in [-0.39, 0.29) is 11.8 Å². The second kappa shape index (κ2) is 7.69. The summed E-state index contributed by atoms with van der Waals surface area (Å²) in [6, 6.07) is 15.5. The lowest BCUT2D eigenvalue weighted by Gasteiger charge is -2.27. The van der Waals surface area contributed by atoms with Gasteiger partial charge in [-0.15, -0.1) is 0 Å². The van der Waals surface area contributed by atoms with E-state index in [4.69, 9.17) is 22.1 Å². The summed E-state index contributed by atoms with van der Waals surface area (Å²) in [7, 11) is 0. The number of hydrogen-bond acceptors (Lipinski definition) is 2. The fourth-order valence-corrected chi connectivity index (χ4v) is 3.26. The van der Waals surface area contributed by atoms with Gasteiger partial charge in [-0.3, -0.25) is 4.79 Å². The Kier molecular flexibility index (Phi) is 5.38. The lowest BCUT2D eigenvalue weighted by molar-refractivity contribution is -0.919. The van der Waals surface area contributed by atoms with Gasteiger partial charge in [-0.2, -0.15) is 0 Å². The van der Waals surface area contributed by atoms with Gasteiger partial charge in [0.05, 0.1) is 13.1 Å². The van der Waals surface area contributed by atoms with Crippen LogP contribution in [-0.2, 0) is 11.3 Å². The SMILES string of the molecule is NC(=O)C1CC[NH+](Cc2cccc(Oc3ccc(Cl)cc3)c2)CC1. The summed E-state index contributed by atoms with van der Waals surface area (Å²) in [5.74, 6) is 1.48. The summed E-state index contributed by atoms with van der Waals surface area (Å²) in [5.41, 5.74) is 6.63. The van der Waals surface area contributed by atoms with Gasteiger partial charge < -0.3 is 15.4 Å². The molecule has 126 valence electrons. The first-order valence-electron chi connectivity index (χ1n) is 8.25. The van der Waals surface area contributed by atoms with Crippen molar-refractivity contribution in [3.63, 3.8) is 0 Å². The molecule has 1 amide bonds. The van der Waals surface area contributed by atoms with Gasteiger partial charge in [0.25, 0.3) is 0 Å². The Morgan fingerprint density at radius 3 is 2.50 bits per heavy atom. The van der Waals surface area contributed by atoms with Crippen molar-refractivity contribution in [2.45, 2.75) is 19.4 Å². The molecule has 1 aliphatic heterocycles. The monoisotopic (exact) mass is 345 g/mol. The van der Waals surface area contributed by atoms with Crippen LogP contribution in [0.3, 0.4) is 0 Å². The molecule has 0 radical (unpaired) electrons. The number of likely N-dealkylation sites (tertiary alicyclic amines) is 1. The molecule has 0 saturated carbocycles. The van der Waals surface area contributed by atoms with Gasteiger partial charge in [0, 0.05) is 29.3 Å². The quantitative estimate of drug-likeness (QED) is 0.874. The minimum atomic E-state index is -0.160. The number of nitrogens with one attached hydrogen (secondary N) is 1. The molecule has 0 bridgehead atoms. The highest BCUT2D eigenvalue weighted by molar-refractivity contribution is 6.30. The number of ether oxygens (including phenoxy) is 1. The summed E-state index contributed by atoms with van der Waals surface area (Å²) >= 11 is 5.89. The highest BCUT2D eigenvalue weighted by Crippen LogP contribution is 2.23. The number of quaternary nitrogens is 1. The highest BCUT2D eigenvalue weighted by Gasteiger charge is 2.25. The summed E-state index contributed by atoms with van der Waals surface area (Å²) in [4.78, 5) is 12.7. The Morgan fingerprint density at radius 2 is 1.83 bits per heavy atom. The maximum atomic E-state index is 11.2. The van der Waals surface area contributed by atoms with Crippen molar-refractivity contribution < 1.29 is 14.4 Å². The minimum Gasteiger partial charge on any atom is -0.457 e. The van der Waals surface area contributed by atoms with Crippen LogP contribution in [0.25, 0.3) is 0 Å². The van der Waals surface area contributed by atoms with Crippen molar-refractivity contribution in [2.75, 3.05) is 13.1 Å². The fraction of sp³-hybridized carbons (Fsp3) is 0.316. The zero-order chi connectivity index (χ0) is 16.9. The average molecular weight is 346 g/mol. The van der Waals surface area contributed by atoms with E-state index in [0.717, 1.165) is 44.0 Å². The van der Waals surface area contributed by atoms with Crippen LogP contribution in [0.4, 0.5) is 0 Å². The van der Waals surface area contributed by atoms with E-state index in [2.05, 4.69) is 12.1 Å². The molecule has 3 N–H and O–H groups in total. The van der Waals surface area contributed by atoms with E-state index in [1.807, 2.05) is 36.4 Å². The molecule has 1 aliphatic rings. The van der Waals surface area contributed by atoms with E-state index in [1.165, 1.54) is 10.5 Å². The van der Waals surface area contributed by atoms with Crippen LogP contribution < -0.4 is 15.4 Å². The largest absolute Gasteiger partial charge is 0.457 e. The molecule has 1 heterocycles. The Morgan fingerprint density at radius 1 is 1.12 bits per heavy atom. The second-order valence-electron chi connectivity index (χ2n) is 6.31. The molecule has 4 nitrogen and oxygen atoms in total. The lowest BCUT2D eigenvalue weighted by atomic mass is 9.96. The molecule has 1 fully saturated rings. The molecule has 2 aromatic rings. The van der Waals surface area contributed by atoms with Crippen LogP contribution in [0.5, 0.6) is 11.5 Å². The molecule has 0 aromatic heterocycles. The zero-order valence-corrected chi connectivity index (χ0v) is 14.3. The van der Waals surface area contributed by atoms with Gasteiger partial charge in [-0.25, -0.2) is 0 Å². The summed E-state index contributed by atoms with van der Waals surface area (Å²) in [6.07, 6.45) is 1.76. The van der Waals surface area contributed by atoms with Gasteiger partial charge >= 0.3 is 0 Å². The molecule has 0 unspecified atom stereocenters. The van der Waals surface area contributed by atoms with Crippen LogP contribution in [0.15, 0.2) is 48.5 Å². The van der Waals surface area contributed by atoms with Gasteiger partial charge in [-0.1, -0.05) is 23.7 Å². The number of amides is 1. The van der Waals surface area contributed by atoms with Crippen LogP contribution >= 0.6 is 11.6 Å². The first-order chi connectivity index (χ1) is 11.6. The molecule has 3 rings (SSSR count). The number of nitrogens with two attached hydrogens (primary N) is 1. The molecular formula is C19H22ClN2O2+. The Balaban J connectivity index is 1.59. The Hall–Kier alpha value is -2.04. The number of rotatable bonds is 5. The Labute approximate surface area is 147 Å². The molecule has 24 heavy (non-hydrogen) atoms. The van der Waals surface area contributed by atoms with Crippen LogP contribution in [0, 0.1) is 5.92 Å². The van der Waals surface area contributed by atoms with Gasteiger partial charge in [0.2, 0.25) is 5.91 Å². The number of primary amides is 1. The lowest BCUT2D eigenvalue weighted by Crippen LogP contribution is -3.11. The number of piperidine rings is 1. The third-order valence-corrected chi connectivity index (χ3v) is 4.75. The van der Waals surface area contributed by atoms with Crippen LogP contribution in [0.2, 0.25) is 5.02 Å². The van der Waals surface area contributed by atoms with Crippen LogP contribution in [-0.4, -0.2) is 19.0 Å². The van der Waals surface area contributed by atoms with Gasteiger partial charge in [0.1, 0.15) is 18.0 Å². The number of carbonyl (C=O) groups excluding carboxylic acids is 1.